The maximum atomic E-state index is 13.0. The molecule has 0 unspecified atom stereocenters. The standard InChI is InChI=1S/C14H10F2N2/c15-13(16)11-8-12(9-4-2-1-3-5-9)18-14-10(11)6-7-17-14/h1-8,13H,(H,17,18). The Bertz CT molecular complexity index is 675. The molecule has 0 amide bonds. The molecule has 0 bridgehead atoms. The summed E-state index contributed by atoms with van der Waals surface area (Å²) in [5.41, 5.74) is 1.89. The van der Waals surface area contributed by atoms with E-state index < -0.39 is 6.43 Å². The van der Waals surface area contributed by atoms with Gasteiger partial charge in [0.2, 0.25) is 0 Å². The van der Waals surface area contributed by atoms with E-state index in [0.29, 0.717) is 16.7 Å². The normalized spacial score (nSPS) is 11.3. The summed E-state index contributed by atoms with van der Waals surface area (Å²) < 4.78 is 26.1. The van der Waals surface area contributed by atoms with Crippen LogP contribution in [-0.2, 0) is 0 Å². The maximum absolute atomic E-state index is 13.0. The highest BCUT2D eigenvalue weighted by Crippen LogP contribution is 2.30. The largest absolute Gasteiger partial charge is 0.346 e. The number of alkyl halides is 2. The van der Waals surface area contributed by atoms with E-state index in [1.54, 1.807) is 12.3 Å². The van der Waals surface area contributed by atoms with Crippen LogP contribution in [0.2, 0.25) is 0 Å². The van der Waals surface area contributed by atoms with Crippen LogP contribution in [0.4, 0.5) is 8.78 Å². The van der Waals surface area contributed by atoms with Crippen LogP contribution in [0.25, 0.3) is 22.3 Å². The van der Waals surface area contributed by atoms with Crippen molar-refractivity contribution in [2.45, 2.75) is 6.43 Å². The van der Waals surface area contributed by atoms with Crippen molar-refractivity contribution >= 4 is 11.0 Å². The Morgan fingerprint density at radius 1 is 1.06 bits per heavy atom. The lowest BCUT2D eigenvalue weighted by atomic mass is 10.1. The monoisotopic (exact) mass is 244 g/mol. The highest BCUT2D eigenvalue weighted by atomic mass is 19.3. The second-order valence-corrected chi connectivity index (χ2v) is 4.00. The van der Waals surface area contributed by atoms with Crippen molar-refractivity contribution in [2.75, 3.05) is 0 Å². The van der Waals surface area contributed by atoms with Crippen molar-refractivity contribution in [3.8, 4) is 11.3 Å². The molecule has 1 N–H and O–H groups in total. The summed E-state index contributed by atoms with van der Waals surface area (Å²) in [7, 11) is 0. The quantitative estimate of drug-likeness (QED) is 0.720. The number of H-pyrrole nitrogens is 1. The second-order valence-electron chi connectivity index (χ2n) is 4.00. The van der Waals surface area contributed by atoms with E-state index in [0.717, 1.165) is 5.56 Å². The minimum Gasteiger partial charge on any atom is -0.346 e. The van der Waals surface area contributed by atoms with E-state index >= 15 is 0 Å². The third kappa shape index (κ3) is 1.76. The molecule has 0 aliphatic rings. The highest BCUT2D eigenvalue weighted by Gasteiger charge is 2.15. The van der Waals surface area contributed by atoms with Gasteiger partial charge in [0, 0.05) is 22.7 Å². The van der Waals surface area contributed by atoms with Crippen LogP contribution in [0.1, 0.15) is 12.0 Å². The van der Waals surface area contributed by atoms with E-state index in [9.17, 15) is 8.78 Å². The van der Waals surface area contributed by atoms with Gasteiger partial charge in [0.1, 0.15) is 5.65 Å². The molecule has 3 aromatic rings. The van der Waals surface area contributed by atoms with E-state index in [2.05, 4.69) is 9.97 Å². The third-order valence-corrected chi connectivity index (χ3v) is 2.87. The zero-order chi connectivity index (χ0) is 12.5. The molecule has 1 aromatic carbocycles. The Balaban J connectivity index is 2.25. The Morgan fingerprint density at radius 2 is 1.83 bits per heavy atom. The van der Waals surface area contributed by atoms with Gasteiger partial charge >= 0.3 is 0 Å². The molecule has 3 rings (SSSR count). The number of aromatic amines is 1. The van der Waals surface area contributed by atoms with Crippen molar-refractivity contribution in [1.82, 2.24) is 9.97 Å². The minimum absolute atomic E-state index is 0.0140. The molecule has 0 aliphatic heterocycles. The predicted molar refractivity (Wildman–Crippen MR) is 66.5 cm³/mol. The summed E-state index contributed by atoms with van der Waals surface area (Å²) in [4.78, 5) is 7.24. The van der Waals surface area contributed by atoms with Gasteiger partial charge in [-0.3, -0.25) is 0 Å². The molecule has 18 heavy (non-hydrogen) atoms. The molecule has 2 aromatic heterocycles. The topological polar surface area (TPSA) is 28.7 Å². The number of nitrogens with one attached hydrogen (secondary N) is 1. The van der Waals surface area contributed by atoms with Gasteiger partial charge in [-0.1, -0.05) is 30.3 Å². The van der Waals surface area contributed by atoms with Crippen LogP contribution in [0.5, 0.6) is 0 Å². The van der Waals surface area contributed by atoms with Gasteiger partial charge in [0.05, 0.1) is 5.69 Å². The number of nitrogens with zero attached hydrogens (tertiary/aromatic N) is 1. The molecule has 0 fully saturated rings. The number of aromatic nitrogens is 2. The lowest BCUT2D eigenvalue weighted by molar-refractivity contribution is 0.153. The van der Waals surface area contributed by atoms with Gasteiger partial charge in [-0.2, -0.15) is 0 Å². The molecule has 0 atom stereocenters. The predicted octanol–water partition coefficient (Wildman–Crippen LogP) is 4.17. The van der Waals surface area contributed by atoms with Crippen molar-refractivity contribution in [1.29, 1.82) is 0 Å². The van der Waals surface area contributed by atoms with Crippen molar-refractivity contribution in [2.24, 2.45) is 0 Å². The lowest BCUT2D eigenvalue weighted by Crippen LogP contribution is -1.91. The number of hydrogen-bond donors (Lipinski definition) is 1. The van der Waals surface area contributed by atoms with Crippen LogP contribution >= 0.6 is 0 Å². The first kappa shape index (κ1) is 10.9. The summed E-state index contributed by atoms with van der Waals surface area (Å²) in [5.74, 6) is 0. The van der Waals surface area contributed by atoms with Gasteiger partial charge in [-0.05, 0) is 12.1 Å². The zero-order valence-corrected chi connectivity index (χ0v) is 9.40. The first-order valence-electron chi connectivity index (χ1n) is 5.57. The van der Waals surface area contributed by atoms with Gasteiger partial charge in [0.15, 0.2) is 0 Å². The van der Waals surface area contributed by atoms with Gasteiger partial charge < -0.3 is 4.98 Å². The fourth-order valence-electron chi connectivity index (χ4n) is 2.00. The number of pyridine rings is 1. The first-order chi connectivity index (χ1) is 8.75. The fraction of sp³-hybridized carbons (Fsp3) is 0.0714. The number of rotatable bonds is 2. The zero-order valence-electron chi connectivity index (χ0n) is 9.40. The summed E-state index contributed by atoms with van der Waals surface area (Å²) in [6, 6.07) is 12.4. The molecule has 0 spiro atoms. The minimum atomic E-state index is -2.51. The van der Waals surface area contributed by atoms with E-state index in [1.165, 1.54) is 6.07 Å². The summed E-state index contributed by atoms with van der Waals surface area (Å²) in [5, 5.41) is 0.477. The smallest absolute Gasteiger partial charge is 0.264 e. The van der Waals surface area contributed by atoms with E-state index in [4.69, 9.17) is 0 Å². The molecule has 0 saturated heterocycles. The SMILES string of the molecule is FC(F)c1cc(-c2ccccc2)nc2[nH]ccc12. The summed E-state index contributed by atoms with van der Waals surface area (Å²) >= 11 is 0. The molecular weight excluding hydrogens is 234 g/mol. The first-order valence-corrected chi connectivity index (χ1v) is 5.57. The van der Waals surface area contributed by atoms with Crippen LogP contribution in [-0.4, -0.2) is 9.97 Å². The number of fused-ring (bicyclic) bond motifs is 1. The van der Waals surface area contributed by atoms with Crippen molar-refractivity contribution in [3.63, 3.8) is 0 Å². The van der Waals surface area contributed by atoms with Gasteiger partial charge in [-0.15, -0.1) is 0 Å². The van der Waals surface area contributed by atoms with E-state index in [1.807, 2.05) is 30.3 Å². The fourth-order valence-corrected chi connectivity index (χ4v) is 2.00. The molecule has 90 valence electrons. The number of halogens is 2. The average molecular weight is 244 g/mol. The van der Waals surface area contributed by atoms with Crippen LogP contribution in [0.15, 0.2) is 48.7 Å². The molecule has 0 radical (unpaired) electrons. The number of hydrogen-bond acceptors (Lipinski definition) is 1. The molecule has 2 heterocycles. The van der Waals surface area contributed by atoms with Gasteiger partial charge in [-0.25, -0.2) is 13.8 Å². The molecular formula is C14H10F2N2. The van der Waals surface area contributed by atoms with Gasteiger partial charge in [0.25, 0.3) is 6.43 Å². The molecule has 0 aliphatic carbocycles. The molecule has 4 heteroatoms. The van der Waals surface area contributed by atoms with Crippen LogP contribution in [0, 0.1) is 0 Å². The Labute approximate surface area is 102 Å². The van der Waals surface area contributed by atoms with Crippen molar-refractivity contribution < 1.29 is 8.78 Å². The maximum Gasteiger partial charge on any atom is 0.264 e. The Hall–Kier alpha value is -2.23. The third-order valence-electron chi connectivity index (χ3n) is 2.87. The molecule has 0 saturated carbocycles. The summed E-state index contributed by atoms with van der Waals surface area (Å²) in [6.45, 7) is 0. The van der Waals surface area contributed by atoms with Crippen LogP contribution in [0.3, 0.4) is 0 Å². The van der Waals surface area contributed by atoms with Crippen LogP contribution < -0.4 is 0 Å². The Morgan fingerprint density at radius 3 is 2.56 bits per heavy atom. The average Bonchev–Trinajstić information content (AvgIpc) is 2.86. The Kier molecular flexibility index (Phi) is 2.55. The number of benzene rings is 1. The summed E-state index contributed by atoms with van der Waals surface area (Å²) in [6.07, 6.45) is -0.882. The van der Waals surface area contributed by atoms with Crippen molar-refractivity contribution in [3.05, 3.63) is 54.2 Å². The second kappa shape index (κ2) is 4.22. The van der Waals surface area contributed by atoms with E-state index in [-0.39, 0.29) is 5.56 Å². The highest BCUT2D eigenvalue weighted by molar-refractivity contribution is 5.83. The molecule has 2 nitrogen and oxygen atoms in total. The lowest BCUT2D eigenvalue weighted by Gasteiger charge is -2.06.